The standard InChI is InChI=1S/C13H22ClO2P/c1-2-3-4-5-6-7-10-11(9-15)13(16-17)8-12(10)14/h5-6,9-13H,2-4,7-8,17H2,1H3/b6-5-/t10-,11?,12-,13-/m1/s1/i17T/t10-,11?,12-,13-,17?. The molecule has 5 atom stereocenters. The maximum Gasteiger partial charge on any atom is 0.126 e. The predicted octanol–water partition coefficient (Wildman–Crippen LogP) is 3.74. The Hall–Kier alpha value is 0.0900. The van der Waals surface area contributed by atoms with Crippen molar-refractivity contribution in [2.24, 2.45) is 11.8 Å². The Morgan fingerprint density at radius 3 is 3.06 bits per heavy atom. The van der Waals surface area contributed by atoms with Crippen LogP contribution < -0.4 is 0 Å². The van der Waals surface area contributed by atoms with Gasteiger partial charge in [-0.25, -0.2) is 0 Å². The molecule has 0 bridgehead atoms. The highest BCUT2D eigenvalue weighted by molar-refractivity contribution is 7.09. The average molecular weight is 279 g/mol. The van der Waals surface area contributed by atoms with Gasteiger partial charge in [0.05, 0.1) is 7.38 Å². The Kier molecular flexibility index (Phi) is 6.55. The zero-order valence-electron chi connectivity index (χ0n) is 11.3. The predicted molar refractivity (Wildman–Crippen MR) is 75.2 cm³/mol. The Morgan fingerprint density at radius 2 is 2.41 bits per heavy atom. The summed E-state index contributed by atoms with van der Waals surface area (Å²) in [7, 11) is -0.323. The topological polar surface area (TPSA) is 26.3 Å². The van der Waals surface area contributed by atoms with Crippen LogP contribution in [0.25, 0.3) is 0 Å². The molecular weight excluding hydrogens is 255 g/mol. The number of rotatable bonds is 8. The summed E-state index contributed by atoms with van der Waals surface area (Å²) < 4.78 is 12.4. The fourth-order valence-corrected chi connectivity index (χ4v) is 3.08. The molecular formula is C13H22ClO2P. The first-order valence-corrected chi connectivity index (χ1v) is 7.15. The molecule has 0 heterocycles. The zero-order valence-corrected chi connectivity index (χ0v) is 12.0. The summed E-state index contributed by atoms with van der Waals surface area (Å²) in [6, 6.07) is 0. The quantitative estimate of drug-likeness (QED) is 0.222. The second kappa shape index (κ2) is 8.24. The molecule has 0 saturated heterocycles. The summed E-state index contributed by atoms with van der Waals surface area (Å²) in [6.45, 7) is 2.17. The number of hydrogen-bond donors (Lipinski definition) is 0. The number of carbonyl (C=O) groups is 1. The van der Waals surface area contributed by atoms with Crippen molar-refractivity contribution in [3.05, 3.63) is 12.2 Å². The smallest absolute Gasteiger partial charge is 0.126 e. The number of carbonyl (C=O) groups excluding carboxylic acids is 1. The van der Waals surface area contributed by atoms with E-state index in [1.165, 1.54) is 12.8 Å². The minimum Gasteiger partial charge on any atom is -0.362 e. The third kappa shape index (κ3) is 4.35. The Morgan fingerprint density at radius 1 is 1.59 bits per heavy atom. The number of alkyl halides is 1. The van der Waals surface area contributed by atoms with Crippen LogP contribution in [0.1, 0.15) is 39.0 Å². The number of halogens is 1. The van der Waals surface area contributed by atoms with Crippen molar-refractivity contribution in [2.45, 2.75) is 50.5 Å². The van der Waals surface area contributed by atoms with Gasteiger partial charge >= 0.3 is 0 Å². The first kappa shape index (κ1) is 13.5. The van der Waals surface area contributed by atoms with E-state index < -0.39 is 0 Å². The lowest BCUT2D eigenvalue weighted by molar-refractivity contribution is -0.113. The molecule has 17 heavy (non-hydrogen) atoms. The van der Waals surface area contributed by atoms with Crippen molar-refractivity contribution in [1.29, 1.82) is 1.28 Å². The van der Waals surface area contributed by atoms with E-state index in [9.17, 15) is 4.79 Å². The van der Waals surface area contributed by atoms with Crippen molar-refractivity contribution >= 4 is 27.3 Å². The van der Waals surface area contributed by atoms with Crippen molar-refractivity contribution in [3.63, 3.8) is 0 Å². The highest BCUT2D eigenvalue weighted by Gasteiger charge is 2.41. The first-order chi connectivity index (χ1) is 8.74. The lowest BCUT2D eigenvalue weighted by Gasteiger charge is -2.17. The molecule has 1 saturated carbocycles. The van der Waals surface area contributed by atoms with Gasteiger partial charge in [0.25, 0.3) is 0 Å². The van der Waals surface area contributed by atoms with E-state index in [1.807, 2.05) is 0 Å². The van der Waals surface area contributed by atoms with Crippen LogP contribution in [0.3, 0.4) is 0 Å². The maximum absolute atomic E-state index is 11.2. The molecule has 0 aromatic carbocycles. The van der Waals surface area contributed by atoms with Gasteiger partial charge in [-0.1, -0.05) is 31.9 Å². The largest absolute Gasteiger partial charge is 0.362 e. The third-order valence-corrected chi connectivity index (χ3v) is 4.26. The molecule has 2 unspecified atom stereocenters. The van der Waals surface area contributed by atoms with Gasteiger partial charge in [-0.3, -0.25) is 0 Å². The number of unbranched alkanes of at least 4 members (excludes halogenated alkanes) is 2. The molecule has 1 aliphatic rings. The molecule has 0 radical (unpaired) electrons. The number of allylic oxidation sites excluding steroid dienone is 2. The normalized spacial score (nSPS) is 34.8. The van der Waals surface area contributed by atoms with E-state index in [-0.39, 0.29) is 32.7 Å². The van der Waals surface area contributed by atoms with E-state index in [0.717, 1.165) is 19.1 Å². The SMILES string of the molecule is [3H]PO[C@@H]1C[C@@H](Cl)[C@H](C/C=C\CCCC)C1C=O. The van der Waals surface area contributed by atoms with E-state index in [4.69, 9.17) is 17.4 Å². The second-order valence-corrected chi connectivity index (χ2v) is 5.43. The van der Waals surface area contributed by atoms with Crippen molar-refractivity contribution < 1.29 is 9.32 Å². The summed E-state index contributed by atoms with van der Waals surface area (Å²) in [5.41, 5.74) is 0. The molecule has 2 nitrogen and oxygen atoms in total. The molecule has 0 aliphatic heterocycles. The molecule has 0 spiro atoms. The molecule has 0 aromatic rings. The molecule has 4 heteroatoms. The van der Waals surface area contributed by atoms with Gasteiger partial charge in [-0.05, 0) is 25.2 Å². The minimum absolute atomic E-state index is 0.0163. The van der Waals surface area contributed by atoms with Crippen molar-refractivity contribution in [3.8, 4) is 0 Å². The Labute approximate surface area is 113 Å². The summed E-state index contributed by atoms with van der Waals surface area (Å²) in [4.78, 5) is 11.2. The van der Waals surface area contributed by atoms with E-state index >= 15 is 0 Å². The van der Waals surface area contributed by atoms with Gasteiger partial charge in [-0.2, -0.15) is 0 Å². The van der Waals surface area contributed by atoms with Crippen LogP contribution in [-0.4, -0.2) is 19.0 Å². The molecule has 0 amide bonds. The molecule has 1 rings (SSSR count). The van der Waals surface area contributed by atoms with Gasteiger partial charge in [0.15, 0.2) is 0 Å². The minimum atomic E-state index is -0.323. The van der Waals surface area contributed by atoms with Gasteiger partial charge in [-0.15, -0.1) is 11.6 Å². The van der Waals surface area contributed by atoms with Crippen LogP contribution in [-0.2, 0) is 9.32 Å². The highest BCUT2D eigenvalue weighted by Crippen LogP contribution is 2.39. The van der Waals surface area contributed by atoms with Crippen molar-refractivity contribution in [2.75, 3.05) is 0 Å². The summed E-state index contributed by atoms with van der Waals surface area (Å²) >= 11 is 6.29. The van der Waals surface area contributed by atoms with Crippen molar-refractivity contribution in [1.82, 2.24) is 0 Å². The molecule has 0 aromatic heterocycles. The van der Waals surface area contributed by atoms with Crippen LogP contribution in [0.4, 0.5) is 0 Å². The summed E-state index contributed by atoms with van der Waals surface area (Å²) in [5, 5.41) is -0.0163. The fourth-order valence-electron chi connectivity index (χ4n) is 2.38. The van der Waals surface area contributed by atoms with Gasteiger partial charge in [0, 0.05) is 20.7 Å². The van der Waals surface area contributed by atoms with Crippen LogP contribution in [0.5, 0.6) is 0 Å². The number of hydrogen-bond acceptors (Lipinski definition) is 2. The van der Waals surface area contributed by atoms with E-state index in [2.05, 4.69) is 19.1 Å². The molecule has 98 valence electrons. The monoisotopic (exact) mass is 278 g/mol. The number of aldehydes is 1. The van der Waals surface area contributed by atoms with Crippen LogP contribution in [0.15, 0.2) is 12.2 Å². The fraction of sp³-hybridized carbons (Fsp3) is 0.769. The zero-order chi connectivity index (χ0) is 13.4. The molecule has 0 N–H and O–H groups in total. The maximum atomic E-state index is 11.2. The van der Waals surface area contributed by atoms with Gasteiger partial charge in [0.2, 0.25) is 0 Å². The van der Waals surface area contributed by atoms with Crippen LogP contribution >= 0.6 is 21.0 Å². The average Bonchev–Trinajstić information content (AvgIpc) is 2.65. The van der Waals surface area contributed by atoms with Crippen LogP contribution in [0, 0.1) is 11.8 Å². The Bertz CT molecular complexity index is 276. The third-order valence-electron chi connectivity index (χ3n) is 3.45. The van der Waals surface area contributed by atoms with E-state index in [0.29, 0.717) is 6.42 Å². The Balaban J connectivity index is 2.47. The van der Waals surface area contributed by atoms with Gasteiger partial charge in [0.1, 0.15) is 6.29 Å². The van der Waals surface area contributed by atoms with Gasteiger partial charge < -0.3 is 9.32 Å². The van der Waals surface area contributed by atoms with Crippen LogP contribution in [0.2, 0.25) is 0 Å². The first-order valence-electron chi connectivity index (χ1n) is 6.81. The summed E-state index contributed by atoms with van der Waals surface area (Å²) in [5.74, 6) is 0.00423. The van der Waals surface area contributed by atoms with E-state index in [1.54, 1.807) is 0 Å². The summed E-state index contributed by atoms with van der Waals surface area (Å²) in [6.07, 6.45) is 10.1. The lowest BCUT2D eigenvalue weighted by Crippen LogP contribution is -2.22. The second-order valence-electron chi connectivity index (χ2n) is 4.63. The lowest BCUT2D eigenvalue weighted by atomic mass is 9.92. The molecule has 1 aliphatic carbocycles. The highest BCUT2D eigenvalue weighted by atomic mass is 35.5. The molecule has 1 fully saturated rings.